The second kappa shape index (κ2) is 17.0. The molecule has 1 saturated carbocycles. The molecule has 4 aromatic carbocycles. The Morgan fingerprint density at radius 2 is 0.778 bits per heavy atom. The van der Waals surface area contributed by atoms with Gasteiger partial charge in [0.1, 0.15) is 16.6 Å². The van der Waals surface area contributed by atoms with E-state index in [2.05, 4.69) is 38.3 Å². The lowest BCUT2D eigenvalue weighted by atomic mass is 9.70. The number of nitrogens with one attached hydrogen (secondary N) is 2. The van der Waals surface area contributed by atoms with Crippen molar-refractivity contribution in [2.24, 2.45) is 17.3 Å². The predicted molar refractivity (Wildman–Crippen MR) is 219 cm³/mol. The molecule has 6 nitrogen and oxygen atoms in total. The number of carbonyl (C=O) groups is 2. The Morgan fingerprint density at radius 1 is 0.519 bits per heavy atom. The first kappa shape index (κ1) is 40.9. The zero-order valence-corrected chi connectivity index (χ0v) is 33.7. The molecule has 0 aliphatic heterocycles. The van der Waals surface area contributed by atoms with Crippen LogP contribution in [0.3, 0.4) is 0 Å². The van der Waals surface area contributed by atoms with E-state index < -0.39 is 28.7 Å². The van der Waals surface area contributed by atoms with Gasteiger partial charge in [-0.1, -0.05) is 166 Å². The first-order valence-corrected chi connectivity index (χ1v) is 19.9. The van der Waals surface area contributed by atoms with E-state index >= 15 is 9.59 Å². The fourth-order valence-electron chi connectivity index (χ4n) is 8.28. The van der Waals surface area contributed by atoms with Crippen LogP contribution in [0.25, 0.3) is 0 Å². The minimum atomic E-state index is -1.56. The molecule has 2 amide bonds. The maximum atomic E-state index is 15.1. The zero-order chi connectivity index (χ0) is 39.3. The number of aryl methyl sites for hydroxylation is 4. The average molecular weight is 731 g/mol. The normalized spacial score (nSPS) is 15.9. The van der Waals surface area contributed by atoms with Crippen LogP contribution in [0.4, 0.5) is 0 Å². The van der Waals surface area contributed by atoms with Gasteiger partial charge in [0.2, 0.25) is 11.8 Å². The highest BCUT2D eigenvalue weighted by Crippen LogP contribution is 2.42. The molecule has 0 unspecified atom stereocenters. The largest absolute Gasteiger partial charge is 0.378 e. The molecule has 2 atom stereocenters. The van der Waals surface area contributed by atoms with Gasteiger partial charge >= 0.3 is 0 Å². The summed E-state index contributed by atoms with van der Waals surface area (Å²) in [6, 6.07) is 29.9. The Morgan fingerprint density at radius 3 is 1.02 bits per heavy atom. The monoisotopic (exact) mass is 730 g/mol. The van der Waals surface area contributed by atoms with Gasteiger partial charge in [0.05, 0.1) is 12.1 Å². The summed E-state index contributed by atoms with van der Waals surface area (Å²) < 4.78 is 0. The number of rotatable bonds is 14. The van der Waals surface area contributed by atoms with Crippen LogP contribution in [-0.2, 0) is 20.8 Å². The average Bonchev–Trinajstić information content (AvgIpc) is 3.14. The summed E-state index contributed by atoms with van der Waals surface area (Å²) in [4.78, 5) is 30.2. The van der Waals surface area contributed by atoms with Crippen molar-refractivity contribution < 1.29 is 19.8 Å². The van der Waals surface area contributed by atoms with Crippen molar-refractivity contribution in [3.63, 3.8) is 0 Å². The highest BCUT2D eigenvalue weighted by atomic mass is 16.3. The van der Waals surface area contributed by atoms with Gasteiger partial charge in [-0.25, -0.2) is 0 Å². The van der Waals surface area contributed by atoms with Crippen molar-refractivity contribution in [2.45, 2.75) is 124 Å². The second-order valence-electron chi connectivity index (χ2n) is 17.0. The second-order valence-corrected chi connectivity index (χ2v) is 17.0. The zero-order valence-electron chi connectivity index (χ0n) is 33.7. The molecular weight excluding hydrogens is 669 g/mol. The van der Waals surface area contributed by atoms with Gasteiger partial charge in [0.15, 0.2) is 0 Å². The Balaban J connectivity index is 1.58. The van der Waals surface area contributed by atoms with E-state index in [9.17, 15) is 10.2 Å². The summed E-state index contributed by atoms with van der Waals surface area (Å²) in [5, 5.41) is 32.7. The smallest absolute Gasteiger partial charge is 0.236 e. The van der Waals surface area contributed by atoms with Gasteiger partial charge in [-0.2, -0.15) is 0 Å². The number of benzene rings is 4. The van der Waals surface area contributed by atoms with E-state index in [1.165, 1.54) is 0 Å². The summed E-state index contributed by atoms with van der Waals surface area (Å²) in [6.45, 7) is 16.4. The molecule has 4 aromatic rings. The van der Waals surface area contributed by atoms with Crippen molar-refractivity contribution in [3.8, 4) is 0 Å². The van der Waals surface area contributed by atoms with E-state index in [4.69, 9.17) is 0 Å². The van der Waals surface area contributed by atoms with Crippen molar-refractivity contribution in [1.29, 1.82) is 0 Å². The van der Waals surface area contributed by atoms with Gasteiger partial charge in [-0.15, -0.1) is 0 Å². The van der Waals surface area contributed by atoms with Gasteiger partial charge in [-0.3, -0.25) is 9.59 Å². The van der Waals surface area contributed by atoms with Gasteiger partial charge in [0, 0.05) is 0 Å². The van der Waals surface area contributed by atoms with Gasteiger partial charge in [0.25, 0.3) is 0 Å². The molecule has 0 heterocycles. The third-order valence-corrected chi connectivity index (χ3v) is 11.6. The minimum absolute atomic E-state index is 0.128. The molecule has 288 valence electrons. The Kier molecular flexibility index (Phi) is 12.9. The summed E-state index contributed by atoms with van der Waals surface area (Å²) >= 11 is 0. The number of aliphatic hydroxyl groups is 2. The van der Waals surface area contributed by atoms with Crippen LogP contribution in [0, 0.1) is 44.9 Å². The maximum Gasteiger partial charge on any atom is 0.236 e. The van der Waals surface area contributed by atoms with Crippen LogP contribution in [0.5, 0.6) is 0 Å². The lowest BCUT2D eigenvalue weighted by Crippen LogP contribution is -2.62. The summed E-state index contributed by atoms with van der Waals surface area (Å²) in [5.41, 5.74) is 2.50. The molecule has 0 aromatic heterocycles. The van der Waals surface area contributed by atoms with Crippen LogP contribution in [0.15, 0.2) is 97.1 Å². The first-order valence-electron chi connectivity index (χ1n) is 19.9. The Labute approximate surface area is 323 Å². The highest BCUT2D eigenvalue weighted by Gasteiger charge is 2.52. The third kappa shape index (κ3) is 8.66. The quantitative estimate of drug-likeness (QED) is 0.0974. The third-order valence-electron chi connectivity index (χ3n) is 11.6. The van der Waals surface area contributed by atoms with E-state index in [0.29, 0.717) is 47.9 Å². The van der Waals surface area contributed by atoms with E-state index in [0.717, 1.165) is 41.5 Å². The number of amides is 2. The number of hydrogen-bond acceptors (Lipinski definition) is 4. The van der Waals surface area contributed by atoms with Crippen molar-refractivity contribution in [3.05, 3.63) is 142 Å². The van der Waals surface area contributed by atoms with E-state index in [1.807, 2.05) is 125 Å². The predicted octanol–water partition coefficient (Wildman–Crippen LogP) is 9.10. The minimum Gasteiger partial charge on any atom is -0.378 e. The number of carbonyl (C=O) groups excluding carboxylic acids is 2. The van der Waals surface area contributed by atoms with Crippen LogP contribution >= 0.6 is 0 Å². The van der Waals surface area contributed by atoms with Crippen LogP contribution in [0.1, 0.15) is 117 Å². The molecule has 1 aliphatic rings. The molecule has 0 bridgehead atoms. The molecule has 5 rings (SSSR count). The fourth-order valence-corrected chi connectivity index (χ4v) is 8.28. The molecular formula is C48H62N2O4. The van der Waals surface area contributed by atoms with E-state index in [1.54, 1.807) is 0 Å². The molecule has 4 N–H and O–H groups in total. The van der Waals surface area contributed by atoms with Crippen molar-refractivity contribution >= 4 is 11.8 Å². The van der Waals surface area contributed by atoms with Gasteiger partial charge in [-0.05, 0) is 87.5 Å². The molecule has 0 spiro atoms. The first-order chi connectivity index (χ1) is 25.6. The summed E-state index contributed by atoms with van der Waals surface area (Å²) in [5.74, 6) is -0.493. The fraction of sp³-hybridized carbons (Fsp3) is 0.458. The summed E-state index contributed by atoms with van der Waals surface area (Å²) in [7, 11) is 0. The summed E-state index contributed by atoms with van der Waals surface area (Å²) in [6.07, 6.45) is 4.12. The molecule has 1 fully saturated rings. The molecule has 6 heteroatoms. The number of hydrogen-bond donors (Lipinski definition) is 4. The van der Waals surface area contributed by atoms with E-state index in [-0.39, 0.29) is 23.7 Å². The molecule has 0 radical (unpaired) electrons. The molecule has 0 saturated heterocycles. The standard InChI is InChI=1S/C48H62N2O4/c1-32(2)30-42(47(53,38-20-12-34(5)13-21-38)39-22-14-35(6)15-23-39)49-44(51)46(28-10-9-11-29-46)45(52)50-43(31-33(3)4)48(54,40-24-16-36(7)17-25-40)41-26-18-37(8)19-27-41/h12-27,32-33,42-43,53-54H,9-11,28-31H2,1-8H3,(H,49,51)(H,50,52)/t42-,43-/m1/s1. The van der Waals surface area contributed by atoms with Gasteiger partial charge < -0.3 is 20.8 Å². The van der Waals surface area contributed by atoms with Crippen LogP contribution < -0.4 is 10.6 Å². The topological polar surface area (TPSA) is 98.7 Å². The maximum absolute atomic E-state index is 15.1. The highest BCUT2D eigenvalue weighted by molar-refractivity contribution is 6.05. The molecule has 1 aliphatic carbocycles. The lowest BCUT2D eigenvalue weighted by Gasteiger charge is -2.44. The van der Waals surface area contributed by atoms with Crippen molar-refractivity contribution in [1.82, 2.24) is 10.6 Å². The SMILES string of the molecule is Cc1ccc(C(O)(c2ccc(C)cc2)[C@@H](CC(C)C)NC(=O)C2(C(=O)N[C@H](CC(C)C)C(O)(c3ccc(C)cc3)c3ccc(C)cc3)CCCCC2)cc1. The lowest BCUT2D eigenvalue weighted by molar-refractivity contribution is -0.149. The van der Waals surface area contributed by atoms with Crippen LogP contribution in [-0.4, -0.2) is 34.1 Å². The Hall–Kier alpha value is -4.26. The Bertz CT molecular complexity index is 1620. The molecule has 54 heavy (non-hydrogen) atoms. The van der Waals surface area contributed by atoms with Crippen LogP contribution in [0.2, 0.25) is 0 Å². The van der Waals surface area contributed by atoms with Crippen molar-refractivity contribution in [2.75, 3.05) is 0 Å².